The molecule has 0 aromatic heterocycles. The normalized spacial score (nSPS) is 33.2. The zero-order chi connectivity index (χ0) is 15.6. The van der Waals surface area contributed by atoms with E-state index in [4.69, 9.17) is 9.47 Å². The highest BCUT2D eigenvalue weighted by Crippen LogP contribution is 2.37. The van der Waals surface area contributed by atoms with Crippen molar-refractivity contribution in [3.05, 3.63) is 0 Å². The van der Waals surface area contributed by atoms with Gasteiger partial charge in [0.1, 0.15) is 6.10 Å². The molecule has 22 heavy (non-hydrogen) atoms. The second-order valence-electron chi connectivity index (χ2n) is 7.18. The van der Waals surface area contributed by atoms with Gasteiger partial charge < -0.3 is 14.4 Å². The minimum absolute atomic E-state index is 0.0180. The van der Waals surface area contributed by atoms with Crippen LogP contribution in [0.1, 0.15) is 44.9 Å². The third-order valence-electron chi connectivity index (χ3n) is 5.88. The number of methoxy groups -OCH3 is 1. The SMILES string of the molecule is CO[C@H]1CN(C(=O)CN(C)C2CCCC2)CC[C@@]12CCCO2. The summed E-state index contributed by atoms with van der Waals surface area (Å²) in [6, 6.07) is 0.594. The molecular weight excluding hydrogens is 280 g/mol. The first-order valence-electron chi connectivity index (χ1n) is 8.79. The van der Waals surface area contributed by atoms with E-state index in [1.807, 2.05) is 4.90 Å². The fourth-order valence-electron chi connectivity index (χ4n) is 4.42. The topological polar surface area (TPSA) is 42.0 Å². The Morgan fingerprint density at radius 1 is 1.32 bits per heavy atom. The van der Waals surface area contributed by atoms with Crippen LogP contribution in [0.2, 0.25) is 0 Å². The summed E-state index contributed by atoms with van der Waals surface area (Å²) in [5.74, 6) is 0.240. The first kappa shape index (κ1) is 16.2. The molecule has 0 N–H and O–H groups in total. The molecule has 3 rings (SSSR count). The molecule has 1 saturated carbocycles. The Morgan fingerprint density at radius 3 is 2.73 bits per heavy atom. The molecule has 2 atom stereocenters. The lowest BCUT2D eigenvalue weighted by Crippen LogP contribution is -2.58. The third-order valence-corrected chi connectivity index (χ3v) is 5.88. The highest BCUT2D eigenvalue weighted by Gasteiger charge is 2.47. The molecule has 5 nitrogen and oxygen atoms in total. The summed E-state index contributed by atoms with van der Waals surface area (Å²) in [6.45, 7) is 2.85. The summed E-state index contributed by atoms with van der Waals surface area (Å²) in [6.07, 6.45) is 8.18. The highest BCUT2D eigenvalue weighted by molar-refractivity contribution is 5.78. The van der Waals surface area contributed by atoms with Crippen molar-refractivity contribution in [1.29, 1.82) is 0 Å². The highest BCUT2D eigenvalue weighted by atomic mass is 16.5. The lowest BCUT2D eigenvalue weighted by Gasteiger charge is -2.44. The van der Waals surface area contributed by atoms with Crippen molar-refractivity contribution in [3.63, 3.8) is 0 Å². The molecule has 0 bridgehead atoms. The van der Waals surface area contributed by atoms with Crippen LogP contribution in [0.25, 0.3) is 0 Å². The molecule has 1 spiro atoms. The van der Waals surface area contributed by atoms with Gasteiger partial charge in [0.15, 0.2) is 0 Å². The summed E-state index contributed by atoms with van der Waals surface area (Å²) >= 11 is 0. The van der Waals surface area contributed by atoms with Gasteiger partial charge in [-0.3, -0.25) is 9.69 Å². The first-order valence-corrected chi connectivity index (χ1v) is 8.79. The molecule has 2 aliphatic heterocycles. The molecule has 3 aliphatic rings. The molecule has 2 heterocycles. The fourth-order valence-corrected chi connectivity index (χ4v) is 4.42. The van der Waals surface area contributed by atoms with E-state index < -0.39 is 0 Å². The average molecular weight is 310 g/mol. The Labute approximate surface area is 133 Å². The van der Waals surface area contributed by atoms with Gasteiger partial charge in [0.2, 0.25) is 5.91 Å². The predicted molar refractivity (Wildman–Crippen MR) is 84.8 cm³/mol. The quantitative estimate of drug-likeness (QED) is 0.792. The number of rotatable bonds is 4. The van der Waals surface area contributed by atoms with Crippen LogP contribution in [0.5, 0.6) is 0 Å². The van der Waals surface area contributed by atoms with Gasteiger partial charge in [-0.2, -0.15) is 0 Å². The summed E-state index contributed by atoms with van der Waals surface area (Å²) in [4.78, 5) is 16.8. The zero-order valence-electron chi connectivity index (χ0n) is 14.1. The van der Waals surface area contributed by atoms with Gasteiger partial charge in [-0.05, 0) is 39.2 Å². The lowest BCUT2D eigenvalue weighted by molar-refractivity contribution is -0.159. The van der Waals surface area contributed by atoms with Crippen LogP contribution in [0.4, 0.5) is 0 Å². The van der Waals surface area contributed by atoms with E-state index in [0.717, 1.165) is 32.4 Å². The van der Waals surface area contributed by atoms with Crippen molar-refractivity contribution in [1.82, 2.24) is 9.80 Å². The standard InChI is InChI=1S/C17H30N2O3/c1-18(14-6-3-4-7-14)13-16(20)19-10-9-17(8-5-11-22-17)15(12-19)21-2/h14-15H,3-13H2,1-2H3/t15-,17-/m0/s1. The van der Waals surface area contributed by atoms with Crippen molar-refractivity contribution in [2.75, 3.05) is 40.4 Å². The number of ether oxygens (including phenoxy) is 2. The van der Waals surface area contributed by atoms with Crippen LogP contribution >= 0.6 is 0 Å². The van der Waals surface area contributed by atoms with Crippen LogP contribution in [-0.4, -0.2) is 73.9 Å². The molecule has 5 heteroatoms. The van der Waals surface area contributed by atoms with Crippen molar-refractivity contribution in [2.45, 2.75) is 62.7 Å². The van der Waals surface area contributed by atoms with Crippen LogP contribution in [0, 0.1) is 0 Å². The van der Waals surface area contributed by atoms with E-state index in [1.165, 1.54) is 25.7 Å². The van der Waals surface area contributed by atoms with Crippen LogP contribution < -0.4 is 0 Å². The Bertz CT molecular complexity index is 389. The maximum Gasteiger partial charge on any atom is 0.236 e. The van der Waals surface area contributed by atoms with Gasteiger partial charge >= 0.3 is 0 Å². The molecule has 126 valence electrons. The molecule has 2 saturated heterocycles. The van der Waals surface area contributed by atoms with Crippen molar-refractivity contribution < 1.29 is 14.3 Å². The molecular formula is C17H30N2O3. The Kier molecular flexibility index (Phi) is 5.05. The molecule has 0 aromatic carbocycles. The Morgan fingerprint density at radius 2 is 2.09 bits per heavy atom. The van der Waals surface area contributed by atoms with E-state index in [0.29, 0.717) is 19.1 Å². The van der Waals surface area contributed by atoms with E-state index >= 15 is 0 Å². The minimum Gasteiger partial charge on any atom is -0.377 e. The number of carbonyl (C=O) groups is 1. The van der Waals surface area contributed by atoms with Gasteiger partial charge in [0.05, 0.1) is 12.1 Å². The number of carbonyl (C=O) groups excluding carboxylic acids is 1. The second kappa shape index (κ2) is 6.85. The zero-order valence-corrected chi connectivity index (χ0v) is 14.1. The summed E-state index contributed by atoms with van der Waals surface area (Å²) in [5.41, 5.74) is -0.136. The largest absolute Gasteiger partial charge is 0.377 e. The Balaban J connectivity index is 1.55. The summed E-state index contributed by atoms with van der Waals surface area (Å²) in [7, 11) is 3.83. The molecule has 1 amide bonds. The van der Waals surface area contributed by atoms with E-state index in [-0.39, 0.29) is 17.6 Å². The molecule has 0 aromatic rings. The van der Waals surface area contributed by atoms with Crippen molar-refractivity contribution in [2.24, 2.45) is 0 Å². The van der Waals surface area contributed by atoms with Gasteiger partial charge in [0, 0.05) is 32.8 Å². The maximum absolute atomic E-state index is 12.6. The van der Waals surface area contributed by atoms with E-state index in [9.17, 15) is 4.79 Å². The maximum atomic E-state index is 12.6. The molecule has 0 unspecified atom stereocenters. The van der Waals surface area contributed by atoms with E-state index in [1.54, 1.807) is 7.11 Å². The van der Waals surface area contributed by atoms with Crippen molar-refractivity contribution in [3.8, 4) is 0 Å². The van der Waals surface area contributed by atoms with Gasteiger partial charge in [0.25, 0.3) is 0 Å². The average Bonchev–Trinajstić information content (AvgIpc) is 3.19. The third kappa shape index (κ3) is 3.17. The monoisotopic (exact) mass is 310 g/mol. The van der Waals surface area contributed by atoms with Crippen LogP contribution in [0.3, 0.4) is 0 Å². The molecule has 3 fully saturated rings. The number of likely N-dealkylation sites (tertiary alicyclic amines) is 1. The van der Waals surface area contributed by atoms with Gasteiger partial charge in [-0.15, -0.1) is 0 Å². The smallest absolute Gasteiger partial charge is 0.236 e. The Hall–Kier alpha value is -0.650. The number of amides is 1. The number of hydrogen-bond acceptors (Lipinski definition) is 4. The number of nitrogens with zero attached hydrogens (tertiary/aromatic N) is 2. The second-order valence-corrected chi connectivity index (χ2v) is 7.18. The van der Waals surface area contributed by atoms with Crippen molar-refractivity contribution >= 4 is 5.91 Å². The van der Waals surface area contributed by atoms with E-state index in [2.05, 4.69) is 11.9 Å². The number of hydrogen-bond donors (Lipinski definition) is 0. The molecule has 1 aliphatic carbocycles. The molecule has 0 radical (unpaired) electrons. The lowest BCUT2D eigenvalue weighted by atomic mass is 9.86. The fraction of sp³-hybridized carbons (Fsp3) is 0.941. The van der Waals surface area contributed by atoms with Crippen LogP contribution in [-0.2, 0) is 14.3 Å². The minimum atomic E-state index is -0.136. The van der Waals surface area contributed by atoms with Crippen LogP contribution in [0.15, 0.2) is 0 Å². The summed E-state index contributed by atoms with van der Waals surface area (Å²) in [5, 5.41) is 0. The number of likely N-dealkylation sites (N-methyl/N-ethyl adjacent to an activating group) is 1. The number of piperidine rings is 1. The summed E-state index contributed by atoms with van der Waals surface area (Å²) < 4.78 is 11.7. The van der Waals surface area contributed by atoms with Gasteiger partial charge in [-0.25, -0.2) is 0 Å². The van der Waals surface area contributed by atoms with Gasteiger partial charge in [-0.1, -0.05) is 12.8 Å². The first-order chi connectivity index (χ1) is 10.6. The predicted octanol–water partition coefficient (Wildman–Crippen LogP) is 1.66.